The summed E-state index contributed by atoms with van der Waals surface area (Å²) in [5, 5.41) is 12.3. The molecule has 2 N–H and O–H groups in total. The number of aromatic nitrogens is 2. The van der Waals surface area contributed by atoms with Crippen LogP contribution in [-0.2, 0) is 0 Å². The van der Waals surface area contributed by atoms with Crippen LogP contribution in [0.3, 0.4) is 0 Å². The predicted molar refractivity (Wildman–Crippen MR) is 77.5 cm³/mol. The Bertz CT molecular complexity index is 381. The van der Waals surface area contributed by atoms with Crippen LogP contribution in [0.2, 0.25) is 0 Å². The number of hydrogen-bond donors (Lipinski definition) is 2. The summed E-state index contributed by atoms with van der Waals surface area (Å²) < 4.78 is 0. The third kappa shape index (κ3) is 3.80. The van der Waals surface area contributed by atoms with Gasteiger partial charge in [-0.3, -0.25) is 0 Å². The van der Waals surface area contributed by atoms with E-state index in [1.165, 1.54) is 19.3 Å². The van der Waals surface area contributed by atoms with Crippen LogP contribution in [0.25, 0.3) is 0 Å². The lowest BCUT2D eigenvalue weighted by atomic mass is 9.91. The minimum absolute atomic E-state index is 0.231. The van der Waals surface area contributed by atoms with E-state index in [2.05, 4.69) is 27.1 Å². The van der Waals surface area contributed by atoms with E-state index >= 15 is 0 Å². The van der Waals surface area contributed by atoms with Gasteiger partial charge >= 0.3 is 0 Å². The first kappa shape index (κ1) is 14.1. The number of hydrogen-bond acceptors (Lipinski definition) is 5. The molecule has 5 heteroatoms. The van der Waals surface area contributed by atoms with E-state index in [0.717, 1.165) is 37.6 Å². The van der Waals surface area contributed by atoms with E-state index in [9.17, 15) is 0 Å². The molecule has 1 aromatic rings. The number of aliphatic hydroxyl groups is 1. The van der Waals surface area contributed by atoms with Crippen LogP contribution in [0.5, 0.6) is 0 Å². The van der Waals surface area contributed by atoms with E-state index in [4.69, 9.17) is 5.11 Å². The van der Waals surface area contributed by atoms with Crippen LogP contribution >= 0.6 is 0 Å². The summed E-state index contributed by atoms with van der Waals surface area (Å²) in [4.78, 5) is 11.0. The van der Waals surface area contributed by atoms with Crippen molar-refractivity contribution in [1.82, 2.24) is 9.97 Å². The van der Waals surface area contributed by atoms with Crippen LogP contribution in [0.4, 0.5) is 11.6 Å². The quantitative estimate of drug-likeness (QED) is 0.752. The van der Waals surface area contributed by atoms with Crippen molar-refractivity contribution in [1.29, 1.82) is 0 Å². The molecule has 0 aliphatic heterocycles. The molecule has 19 heavy (non-hydrogen) atoms. The van der Waals surface area contributed by atoms with Crippen molar-refractivity contribution >= 4 is 11.6 Å². The van der Waals surface area contributed by atoms with Gasteiger partial charge in [0.2, 0.25) is 0 Å². The number of rotatable bonds is 8. The second-order valence-corrected chi connectivity index (χ2v) is 5.04. The molecular weight excluding hydrogens is 240 g/mol. The van der Waals surface area contributed by atoms with Crippen LogP contribution in [0, 0.1) is 0 Å². The molecule has 1 fully saturated rings. The average Bonchev–Trinajstić information content (AvgIpc) is 2.39. The number of nitrogens with one attached hydrogen (secondary N) is 1. The van der Waals surface area contributed by atoms with Crippen molar-refractivity contribution in [3.05, 3.63) is 12.4 Å². The zero-order chi connectivity index (χ0) is 13.5. The molecule has 0 atom stereocenters. The molecule has 106 valence electrons. The fraction of sp³-hybridized carbons (Fsp3) is 0.714. The Morgan fingerprint density at radius 3 is 2.89 bits per heavy atom. The van der Waals surface area contributed by atoms with E-state index in [0.29, 0.717) is 6.04 Å². The van der Waals surface area contributed by atoms with Gasteiger partial charge in [0.05, 0.1) is 0 Å². The topological polar surface area (TPSA) is 61.3 Å². The summed E-state index contributed by atoms with van der Waals surface area (Å²) in [7, 11) is 0. The summed E-state index contributed by atoms with van der Waals surface area (Å²) in [5.74, 6) is 1.87. The summed E-state index contributed by atoms with van der Waals surface area (Å²) >= 11 is 0. The van der Waals surface area contributed by atoms with Crippen molar-refractivity contribution < 1.29 is 5.11 Å². The fourth-order valence-electron chi connectivity index (χ4n) is 2.28. The van der Waals surface area contributed by atoms with Gasteiger partial charge in [0.15, 0.2) is 0 Å². The molecule has 0 saturated heterocycles. The Morgan fingerprint density at radius 2 is 2.26 bits per heavy atom. The molecule has 0 amide bonds. The van der Waals surface area contributed by atoms with E-state index < -0.39 is 0 Å². The molecule has 1 heterocycles. The van der Waals surface area contributed by atoms with Gasteiger partial charge < -0.3 is 15.3 Å². The summed E-state index contributed by atoms with van der Waals surface area (Å²) in [6, 6.07) is 2.60. The van der Waals surface area contributed by atoms with Crippen LogP contribution in [0.1, 0.15) is 39.0 Å². The summed E-state index contributed by atoms with van der Waals surface area (Å²) in [6.45, 7) is 4.16. The molecule has 0 bridgehead atoms. The molecule has 0 aromatic carbocycles. The Labute approximate surface area is 115 Å². The smallest absolute Gasteiger partial charge is 0.134 e. The third-order valence-electron chi connectivity index (χ3n) is 3.58. The lowest BCUT2D eigenvalue weighted by Crippen LogP contribution is -2.41. The lowest BCUT2D eigenvalue weighted by molar-refractivity contribution is 0.282. The highest BCUT2D eigenvalue weighted by Crippen LogP contribution is 2.29. The molecule has 0 unspecified atom stereocenters. The van der Waals surface area contributed by atoms with Crippen molar-refractivity contribution in [2.45, 2.75) is 45.1 Å². The average molecular weight is 264 g/mol. The predicted octanol–water partition coefficient (Wildman–Crippen LogP) is 2.04. The zero-order valence-corrected chi connectivity index (χ0v) is 11.7. The minimum Gasteiger partial charge on any atom is -0.396 e. The second-order valence-electron chi connectivity index (χ2n) is 5.04. The van der Waals surface area contributed by atoms with E-state index in [1.807, 2.05) is 6.07 Å². The van der Waals surface area contributed by atoms with Crippen molar-refractivity contribution in [3.63, 3.8) is 0 Å². The van der Waals surface area contributed by atoms with Crippen LogP contribution < -0.4 is 10.2 Å². The van der Waals surface area contributed by atoms with Crippen LogP contribution in [0.15, 0.2) is 12.4 Å². The fourth-order valence-corrected chi connectivity index (χ4v) is 2.28. The molecule has 2 rings (SSSR count). The van der Waals surface area contributed by atoms with E-state index in [1.54, 1.807) is 6.33 Å². The molecule has 5 nitrogen and oxygen atoms in total. The van der Waals surface area contributed by atoms with Gasteiger partial charge in [0.25, 0.3) is 0 Å². The Balaban J connectivity index is 2.06. The highest BCUT2D eigenvalue weighted by atomic mass is 16.3. The third-order valence-corrected chi connectivity index (χ3v) is 3.58. The Hall–Kier alpha value is -1.36. The van der Waals surface area contributed by atoms with Gasteiger partial charge in [-0.15, -0.1) is 0 Å². The van der Waals surface area contributed by atoms with Gasteiger partial charge in [0, 0.05) is 31.8 Å². The molecule has 1 aliphatic carbocycles. The molecule has 1 aliphatic rings. The second kappa shape index (κ2) is 7.28. The lowest BCUT2D eigenvalue weighted by Gasteiger charge is -2.38. The SMILES string of the molecule is CCCNc1cc(N(CCCO)C2CCC2)ncn1. The first-order chi connectivity index (χ1) is 9.35. The number of anilines is 2. The van der Waals surface area contributed by atoms with Crippen LogP contribution in [-0.4, -0.2) is 40.8 Å². The molecule has 1 saturated carbocycles. The van der Waals surface area contributed by atoms with Crippen molar-refractivity contribution in [2.75, 3.05) is 29.9 Å². The minimum atomic E-state index is 0.231. The highest BCUT2D eigenvalue weighted by molar-refractivity contribution is 5.49. The molecular formula is C14H24N4O. The van der Waals surface area contributed by atoms with Crippen molar-refractivity contribution in [2.24, 2.45) is 0 Å². The largest absolute Gasteiger partial charge is 0.396 e. The number of aliphatic hydroxyl groups excluding tert-OH is 1. The van der Waals surface area contributed by atoms with E-state index in [-0.39, 0.29) is 6.61 Å². The van der Waals surface area contributed by atoms with Crippen molar-refractivity contribution in [3.8, 4) is 0 Å². The van der Waals surface area contributed by atoms with Gasteiger partial charge in [-0.05, 0) is 32.1 Å². The standard InChI is InChI=1S/C14H24N4O/c1-2-7-15-13-10-14(17-11-16-13)18(8-4-9-19)12-5-3-6-12/h10-12,19H,2-9H2,1H3,(H,15,16,17). The zero-order valence-electron chi connectivity index (χ0n) is 11.7. The maximum Gasteiger partial charge on any atom is 0.134 e. The van der Waals surface area contributed by atoms with Gasteiger partial charge in [-0.1, -0.05) is 6.92 Å². The van der Waals surface area contributed by atoms with Gasteiger partial charge in [-0.25, -0.2) is 9.97 Å². The number of nitrogens with zero attached hydrogens (tertiary/aromatic N) is 3. The summed E-state index contributed by atoms with van der Waals surface area (Å²) in [5.41, 5.74) is 0. The molecule has 0 radical (unpaired) electrons. The normalized spacial score (nSPS) is 15.1. The first-order valence-electron chi connectivity index (χ1n) is 7.28. The molecule has 1 aromatic heterocycles. The molecule has 0 spiro atoms. The Morgan fingerprint density at radius 1 is 1.42 bits per heavy atom. The highest BCUT2D eigenvalue weighted by Gasteiger charge is 2.25. The van der Waals surface area contributed by atoms with Gasteiger partial charge in [-0.2, -0.15) is 0 Å². The maximum atomic E-state index is 9.03. The maximum absolute atomic E-state index is 9.03. The Kier molecular flexibility index (Phi) is 5.39. The first-order valence-corrected chi connectivity index (χ1v) is 7.28. The monoisotopic (exact) mass is 264 g/mol. The van der Waals surface area contributed by atoms with Gasteiger partial charge in [0.1, 0.15) is 18.0 Å². The summed E-state index contributed by atoms with van der Waals surface area (Å²) in [6.07, 6.45) is 7.25.